The Hall–Kier alpha value is -1.68. The van der Waals surface area contributed by atoms with Gasteiger partial charge in [-0.2, -0.15) is 0 Å². The van der Waals surface area contributed by atoms with Crippen molar-refractivity contribution in [2.45, 2.75) is 38.6 Å². The third-order valence-electron chi connectivity index (χ3n) is 4.37. The highest BCUT2D eigenvalue weighted by molar-refractivity contribution is 5.87. The molecule has 1 aromatic heterocycles. The molecule has 1 aliphatic rings. The van der Waals surface area contributed by atoms with Gasteiger partial charge in [-0.25, -0.2) is 0 Å². The summed E-state index contributed by atoms with van der Waals surface area (Å²) >= 11 is 0. The lowest BCUT2D eigenvalue weighted by molar-refractivity contribution is -0.126. The largest absolute Gasteiger partial charge is 0.332 e. The second-order valence-electron chi connectivity index (χ2n) is 6.64. The fraction of sp³-hybridized carbons (Fsp3) is 0.579. The number of aromatic nitrogens is 1. The maximum atomic E-state index is 12.6. The molecule has 1 saturated carbocycles. The topological polar surface area (TPSA) is 36.4 Å². The maximum absolute atomic E-state index is 12.6. The van der Waals surface area contributed by atoms with Crippen LogP contribution in [0.25, 0.3) is 0 Å². The fourth-order valence-electron chi connectivity index (χ4n) is 2.93. The van der Waals surface area contributed by atoms with Crippen molar-refractivity contribution in [2.24, 2.45) is 5.92 Å². The van der Waals surface area contributed by atoms with Crippen molar-refractivity contribution in [3.63, 3.8) is 0 Å². The predicted octanol–water partition coefficient (Wildman–Crippen LogP) is 3.11. The zero-order valence-corrected chi connectivity index (χ0v) is 14.4. The summed E-state index contributed by atoms with van der Waals surface area (Å²) in [6, 6.07) is 5.84. The van der Waals surface area contributed by atoms with Gasteiger partial charge in [0.2, 0.25) is 5.91 Å². The number of carbonyl (C=O) groups is 1. The lowest BCUT2D eigenvalue weighted by atomic mass is 9.89. The lowest BCUT2D eigenvalue weighted by Crippen LogP contribution is -2.35. The van der Waals surface area contributed by atoms with Gasteiger partial charge in [-0.3, -0.25) is 9.78 Å². The molecule has 1 fully saturated rings. The van der Waals surface area contributed by atoms with Gasteiger partial charge in [0, 0.05) is 19.3 Å². The van der Waals surface area contributed by atoms with Gasteiger partial charge < -0.3 is 9.80 Å². The van der Waals surface area contributed by atoms with Gasteiger partial charge in [0.1, 0.15) is 0 Å². The summed E-state index contributed by atoms with van der Waals surface area (Å²) in [5.41, 5.74) is 0.936. The van der Waals surface area contributed by atoms with Crippen molar-refractivity contribution in [2.75, 3.05) is 27.2 Å². The molecule has 0 spiro atoms. The molecule has 4 nitrogen and oxygen atoms in total. The van der Waals surface area contributed by atoms with Crippen LogP contribution < -0.4 is 0 Å². The Morgan fingerprint density at radius 2 is 2.00 bits per heavy atom. The first-order valence-corrected chi connectivity index (χ1v) is 8.67. The highest BCUT2D eigenvalue weighted by atomic mass is 16.2. The van der Waals surface area contributed by atoms with E-state index in [0.717, 1.165) is 18.8 Å². The van der Waals surface area contributed by atoms with Crippen molar-refractivity contribution in [3.05, 3.63) is 42.2 Å². The van der Waals surface area contributed by atoms with Gasteiger partial charge in [0.15, 0.2) is 0 Å². The van der Waals surface area contributed by atoms with Crippen LogP contribution >= 0.6 is 0 Å². The Labute approximate surface area is 140 Å². The van der Waals surface area contributed by atoms with Crippen molar-refractivity contribution in [3.8, 4) is 0 Å². The number of amides is 1. The van der Waals surface area contributed by atoms with Crippen LogP contribution in [0.1, 0.15) is 37.8 Å². The Balaban J connectivity index is 1.96. The SMILES string of the molecule is CN(C)CCN(Cc1ccccn1)C(=O)/C=C\C1CCCCC1. The van der Waals surface area contributed by atoms with Crippen molar-refractivity contribution in [1.82, 2.24) is 14.8 Å². The molecule has 0 radical (unpaired) electrons. The van der Waals surface area contributed by atoms with E-state index in [9.17, 15) is 4.79 Å². The second kappa shape index (κ2) is 9.46. The molecule has 0 aromatic carbocycles. The van der Waals surface area contributed by atoms with E-state index in [1.165, 1.54) is 32.1 Å². The summed E-state index contributed by atoms with van der Waals surface area (Å²) in [7, 11) is 4.06. The van der Waals surface area contributed by atoms with E-state index in [0.29, 0.717) is 12.5 Å². The highest BCUT2D eigenvalue weighted by Gasteiger charge is 2.14. The number of carbonyl (C=O) groups excluding carboxylic acids is 1. The summed E-state index contributed by atoms with van der Waals surface area (Å²) in [5, 5.41) is 0. The average molecular weight is 315 g/mol. The first-order valence-electron chi connectivity index (χ1n) is 8.67. The van der Waals surface area contributed by atoms with Gasteiger partial charge in [-0.05, 0) is 51.1 Å². The quantitative estimate of drug-likeness (QED) is 0.725. The zero-order valence-electron chi connectivity index (χ0n) is 14.4. The minimum Gasteiger partial charge on any atom is -0.332 e. The molecule has 23 heavy (non-hydrogen) atoms. The average Bonchev–Trinajstić information content (AvgIpc) is 2.58. The fourth-order valence-corrected chi connectivity index (χ4v) is 2.93. The van der Waals surface area contributed by atoms with E-state index in [2.05, 4.69) is 16.0 Å². The van der Waals surface area contributed by atoms with Gasteiger partial charge in [-0.15, -0.1) is 0 Å². The van der Waals surface area contributed by atoms with Gasteiger partial charge in [0.05, 0.1) is 12.2 Å². The van der Waals surface area contributed by atoms with Crippen LogP contribution in [0, 0.1) is 5.92 Å². The van der Waals surface area contributed by atoms with Crippen LogP contribution in [-0.2, 0) is 11.3 Å². The Bertz CT molecular complexity index is 493. The van der Waals surface area contributed by atoms with E-state index >= 15 is 0 Å². The van der Waals surface area contributed by atoms with Crippen LogP contribution in [0.5, 0.6) is 0 Å². The zero-order chi connectivity index (χ0) is 16.5. The van der Waals surface area contributed by atoms with Gasteiger partial charge >= 0.3 is 0 Å². The third kappa shape index (κ3) is 6.53. The Kier molecular flexibility index (Phi) is 7.27. The lowest BCUT2D eigenvalue weighted by Gasteiger charge is -2.23. The second-order valence-corrected chi connectivity index (χ2v) is 6.64. The van der Waals surface area contributed by atoms with E-state index < -0.39 is 0 Å². The predicted molar refractivity (Wildman–Crippen MR) is 93.9 cm³/mol. The van der Waals surface area contributed by atoms with E-state index in [-0.39, 0.29) is 5.91 Å². The van der Waals surface area contributed by atoms with Crippen LogP contribution in [0.2, 0.25) is 0 Å². The molecule has 0 atom stereocenters. The van der Waals surface area contributed by atoms with Crippen LogP contribution in [0.4, 0.5) is 0 Å². The molecule has 2 rings (SSSR count). The minimum absolute atomic E-state index is 0.100. The molecule has 0 aliphatic heterocycles. The van der Waals surface area contributed by atoms with E-state index in [1.54, 1.807) is 12.3 Å². The number of nitrogens with zero attached hydrogens (tertiary/aromatic N) is 3. The normalized spacial score (nSPS) is 16.1. The molecule has 0 unspecified atom stereocenters. The molecule has 0 saturated heterocycles. The summed E-state index contributed by atoms with van der Waals surface area (Å²) in [4.78, 5) is 20.9. The van der Waals surface area contributed by atoms with Crippen molar-refractivity contribution >= 4 is 5.91 Å². The minimum atomic E-state index is 0.100. The summed E-state index contributed by atoms with van der Waals surface area (Å²) < 4.78 is 0. The summed E-state index contributed by atoms with van der Waals surface area (Å²) in [6.07, 6.45) is 12.1. The number of likely N-dealkylation sites (N-methyl/N-ethyl adjacent to an activating group) is 1. The number of pyridine rings is 1. The van der Waals surface area contributed by atoms with Crippen molar-refractivity contribution < 1.29 is 4.79 Å². The number of rotatable bonds is 7. The van der Waals surface area contributed by atoms with E-state index in [4.69, 9.17) is 0 Å². The Morgan fingerprint density at radius 3 is 2.65 bits per heavy atom. The first kappa shape index (κ1) is 17.7. The Morgan fingerprint density at radius 1 is 1.22 bits per heavy atom. The molecule has 126 valence electrons. The third-order valence-corrected chi connectivity index (χ3v) is 4.37. The molecule has 0 N–H and O–H groups in total. The summed E-state index contributed by atoms with van der Waals surface area (Å²) in [5.74, 6) is 0.682. The smallest absolute Gasteiger partial charge is 0.246 e. The van der Waals surface area contributed by atoms with Gasteiger partial charge in [0.25, 0.3) is 0 Å². The maximum Gasteiger partial charge on any atom is 0.246 e. The molecule has 0 bridgehead atoms. The van der Waals surface area contributed by atoms with Crippen molar-refractivity contribution in [1.29, 1.82) is 0 Å². The van der Waals surface area contributed by atoms with Crippen LogP contribution in [-0.4, -0.2) is 47.9 Å². The van der Waals surface area contributed by atoms with Crippen LogP contribution in [0.15, 0.2) is 36.5 Å². The molecule has 1 heterocycles. The molecule has 4 heteroatoms. The highest BCUT2D eigenvalue weighted by Crippen LogP contribution is 2.24. The molecular weight excluding hydrogens is 286 g/mol. The molecule has 1 aliphatic carbocycles. The summed E-state index contributed by atoms with van der Waals surface area (Å²) in [6.45, 7) is 2.15. The first-order chi connectivity index (χ1) is 11.1. The molecular formula is C19H29N3O. The molecule has 1 aromatic rings. The number of allylic oxidation sites excluding steroid dienone is 1. The van der Waals surface area contributed by atoms with Crippen LogP contribution in [0.3, 0.4) is 0 Å². The monoisotopic (exact) mass is 315 g/mol. The van der Waals surface area contributed by atoms with E-state index in [1.807, 2.05) is 37.2 Å². The number of hydrogen-bond acceptors (Lipinski definition) is 3. The standard InChI is InChI=1S/C19H29N3O/c1-21(2)14-15-22(16-18-10-6-7-13-20-18)19(23)12-11-17-8-4-3-5-9-17/h6-7,10-13,17H,3-5,8-9,14-16H2,1-2H3/b12-11-. The van der Waals surface area contributed by atoms with Gasteiger partial charge in [-0.1, -0.05) is 31.4 Å². The number of hydrogen-bond donors (Lipinski definition) is 0. The molecule has 1 amide bonds.